The summed E-state index contributed by atoms with van der Waals surface area (Å²) in [5, 5.41) is 3.74. The molecule has 0 amide bonds. The Balaban J connectivity index is 1.85. The molecule has 2 aliphatic rings. The highest BCUT2D eigenvalue weighted by Crippen LogP contribution is 2.68. The Hall–Kier alpha value is -1.02. The van der Waals surface area contributed by atoms with Crippen LogP contribution in [0.2, 0.25) is 0 Å². The highest BCUT2D eigenvalue weighted by atomic mass is 16.5. The molecule has 2 heteroatoms. The average Bonchev–Trinajstić information content (AvgIpc) is 3.15. The molecule has 0 unspecified atom stereocenters. The lowest BCUT2D eigenvalue weighted by atomic mass is 9.56. The molecule has 2 saturated carbocycles. The molecule has 0 aliphatic heterocycles. The number of aryl methyl sites for hydroxylation is 1. The summed E-state index contributed by atoms with van der Waals surface area (Å²) in [7, 11) is 1.77. The summed E-state index contributed by atoms with van der Waals surface area (Å²) in [6, 6.07) is 6.80. The maximum absolute atomic E-state index is 5.54. The van der Waals surface area contributed by atoms with Crippen LogP contribution in [0.5, 0.6) is 5.75 Å². The summed E-state index contributed by atoms with van der Waals surface area (Å²) in [5.74, 6) is 1.03. The van der Waals surface area contributed by atoms with E-state index in [1.54, 1.807) is 7.11 Å². The Morgan fingerprint density at radius 2 is 1.86 bits per heavy atom. The van der Waals surface area contributed by atoms with Crippen LogP contribution < -0.4 is 10.1 Å². The van der Waals surface area contributed by atoms with Gasteiger partial charge in [0, 0.05) is 17.5 Å². The first-order valence-corrected chi connectivity index (χ1v) is 8.18. The first-order chi connectivity index (χ1) is 9.78. The second-order valence-electron chi connectivity index (χ2n) is 8.42. The van der Waals surface area contributed by atoms with Crippen molar-refractivity contribution in [3.8, 4) is 5.75 Å². The van der Waals surface area contributed by atoms with Crippen molar-refractivity contribution in [2.45, 2.75) is 64.3 Å². The molecule has 2 nitrogen and oxygen atoms in total. The quantitative estimate of drug-likeness (QED) is 0.896. The van der Waals surface area contributed by atoms with Crippen molar-refractivity contribution < 1.29 is 4.74 Å². The predicted octanol–water partition coefficient (Wildman–Crippen LogP) is 4.20. The van der Waals surface area contributed by atoms with Crippen molar-refractivity contribution in [3.05, 3.63) is 29.3 Å². The van der Waals surface area contributed by atoms with Gasteiger partial charge in [0.15, 0.2) is 0 Å². The van der Waals surface area contributed by atoms with Gasteiger partial charge >= 0.3 is 0 Å². The normalized spacial score (nSPS) is 22.0. The number of hydrogen-bond donors (Lipinski definition) is 1. The van der Waals surface area contributed by atoms with Gasteiger partial charge in [-0.3, -0.25) is 0 Å². The van der Waals surface area contributed by atoms with E-state index in [2.05, 4.69) is 51.2 Å². The fourth-order valence-corrected chi connectivity index (χ4v) is 3.93. The standard InChI is InChI=1S/C19H29NO/c1-14-6-7-15(10-16(14)21-5)19(13-20-17(2,3)4)11-18(12-19)8-9-18/h6-7,10,20H,8-9,11-13H2,1-5H3. The Labute approximate surface area is 129 Å². The third kappa shape index (κ3) is 2.83. The van der Waals surface area contributed by atoms with Gasteiger partial charge in [0.1, 0.15) is 5.75 Å². The molecule has 0 radical (unpaired) electrons. The lowest BCUT2D eigenvalue weighted by Crippen LogP contribution is -2.53. The first-order valence-electron chi connectivity index (χ1n) is 8.18. The van der Waals surface area contributed by atoms with Crippen LogP contribution >= 0.6 is 0 Å². The van der Waals surface area contributed by atoms with E-state index in [9.17, 15) is 0 Å². The van der Waals surface area contributed by atoms with E-state index in [1.165, 1.54) is 36.8 Å². The van der Waals surface area contributed by atoms with Crippen molar-refractivity contribution in [3.63, 3.8) is 0 Å². The van der Waals surface area contributed by atoms with Gasteiger partial charge in [-0.2, -0.15) is 0 Å². The fourth-order valence-electron chi connectivity index (χ4n) is 3.93. The van der Waals surface area contributed by atoms with Gasteiger partial charge in [-0.25, -0.2) is 0 Å². The van der Waals surface area contributed by atoms with E-state index in [-0.39, 0.29) is 5.54 Å². The maximum atomic E-state index is 5.54. The van der Waals surface area contributed by atoms with Gasteiger partial charge in [-0.05, 0) is 76.0 Å². The van der Waals surface area contributed by atoms with Gasteiger partial charge in [0.25, 0.3) is 0 Å². The smallest absolute Gasteiger partial charge is 0.122 e. The summed E-state index contributed by atoms with van der Waals surface area (Å²) in [6.45, 7) is 9.95. The number of rotatable bonds is 4. The zero-order valence-corrected chi connectivity index (χ0v) is 14.2. The van der Waals surface area contributed by atoms with Crippen molar-refractivity contribution in [2.75, 3.05) is 13.7 Å². The second-order valence-corrected chi connectivity index (χ2v) is 8.42. The van der Waals surface area contributed by atoms with Crippen LogP contribution in [0.4, 0.5) is 0 Å². The summed E-state index contributed by atoms with van der Waals surface area (Å²) in [5.41, 5.74) is 3.86. The molecule has 1 aromatic rings. The minimum Gasteiger partial charge on any atom is -0.496 e. The zero-order chi connectivity index (χ0) is 15.3. The molecule has 21 heavy (non-hydrogen) atoms. The number of ether oxygens (including phenoxy) is 1. The molecule has 1 aromatic carbocycles. The lowest BCUT2D eigenvalue weighted by Gasteiger charge is -2.50. The fraction of sp³-hybridized carbons (Fsp3) is 0.684. The summed E-state index contributed by atoms with van der Waals surface area (Å²) < 4.78 is 5.54. The van der Waals surface area contributed by atoms with Gasteiger partial charge in [0.05, 0.1) is 7.11 Å². The number of hydrogen-bond acceptors (Lipinski definition) is 2. The molecule has 1 spiro atoms. The van der Waals surface area contributed by atoms with Crippen LogP contribution in [0, 0.1) is 12.3 Å². The summed E-state index contributed by atoms with van der Waals surface area (Å²) in [4.78, 5) is 0. The lowest BCUT2D eigenvalue weighted by molar-refractivity contribution is 0.108. The maximum Gasteiger partial charge on any atom is 0.122 e. The molecular formula is C19H29NO. The molecule has 0 saturated heterocycles. The number of methoxy groups -OCH3 is 1. The van der Waals surface area contributed by atoms with E-state index in [4.69, 9.17) is 4.74 Å². The number of benzene rings is 1. The molecule has 2 fully saturated rings. The van der Waals surface area contributed by atoms with Crippen LogP contribution in [-0.2, 0) is 5.41 Å². The highest BCUT2D eigenvalue weighted by Gasteiger charge is 2.61. The monoisotopic (exact) mass is 287 g/mol. The molecule has 1 N–H and O–H groups in total. The van der Waals surface area contributed by atoms with Crippen molar-refractivity contribution in [2.24, 2.45) is 5.41 Å². The SMILES string of the molecule is COc1cc(C2(CNC(C)(C)C)CC3(CC3)C2)ccc1C. The van der Waals surface area contributed by atoms with E-state index in [0.717, 1.165) is 12.3 Å². The summed E-state index contributed by atoms with van der Waals surface area (Å²) in [6.07, 6.45) is 5.56. The van der Waals surface area contributed by atoms with E-state index >= 15 is 0 Å². The minimum absolute atomic E-state index is 0.175. The van der Waals surface area contributed by atoms with Crippen LogP contribution in [0.1, 0.15) is 57.6 Å². The zero-order valence-electron chi connectivity index (χ0n) is 14.2. The molecular weight excluding hydrogens is 258 g/mol. The Morgan fingerprint density at radius 3 is 2.38 bits per heavy atom. The Morgan fingerprint density at radius 1 is 1.19 bits per heavy atom. The van der Waals surface area contributed by atoms with Crippen molar-refractivity contribution in [1.82, 2.24) is 5.32 Å². The third-order valence-corrected chi connectivity index (χ3v) is 5.36. The molecule has 2 aliphatic carbocycles. The molecule has 3 rings (SSSR count). The summed E-state index contributed by atoms with van der Waals surface area (Å²) >= 11 is 0. The number of nitrogens with one attached hydrogen (secondary N) is 1. The van der Waals surface area contributed by atoms with Crippen molar-refractivity contribution in [1.29, 1.82) is 0 Å². The Kier molecular flexibility index (Phi) is 3.36. The Bertz CT molecular complexity index is 529. The van der Waals surface area contributed by atoms with Crippen LogP contribution in [0.25, 0.3) is 0 Å². The van der Waals surface area contributed by atoms with E-state index < -0.39 is 0 Å². The van der Waals surface area contributed by atoms with Gasteiger partial charge in [0.2, 0.25) is 0 Å². The molecule has 0 heterocycles. The third-order valence-electron chi connectivity index (χ3n) is 5.36. The van der Waals surface area contributed by atoms with Gasteiger partial charge in [-0.15, -0.1) is 0 Å². The minimum atomic E-state index is 0.175. The molecule has 116 valence electrons. The molecule has 0 aromatic heterocycles. The van der Waals surface area contributed by atoms with Gasteiger partial charge < -0.3 is 10.1 Å². The van der Waals surface area contributed by atoms with E-state index in [1.807, 2.05) is 0 Å². The topological polar surface area (TPSA) is 21.3 Å². The van der Waals surface area contributed by atoms with Crippen molar-refractivity contribution >= 4 is 0 Å². The van der Waals surface area contributed by atoms with Crippen LogP contribution in [0.3, 0.4) is 0 Å². The highest BCUT2D eigenvalue weighted by molar-refractivity contribution is 5.43. The molecule has 0 atom stereocenters. The molecule has 0 bridgehead atoms. The van der Waals surface area contributed by atoms with E-state index in [0.29, 0.717) is 10.8 Å². The second kappa shape index (κ2) is 4.74. The van der Waals surface area contributed by atoms with Gasteiger partial charge in [-0.1, -0.05) is 12.1 Å². The largest absolute Gasteiger partial charge is 0.496 e. The predicted molar refractivity (Wildman–Crippen MR) is 88.1 cm³/mol. The first kappa shape index (κ1) is 14.9. The van der Waals surface area contributed by atoms with Crippen LogP contribution in [0.15, 0.2) is 18.2 Å². The van der Waals surface area contributed by atoms with Crippen LogP contribution in [-0.4, -0.2) is 19.2 Å². The average molecular weight is 287 g/mol.